The molecule has 8 heteroatoms. The molecule has 4 nitrogen and oxygen atoms in total. The summed E-state index contributed by atoms with van der Waals surface area (Å²) in [6, 6.07) is 1.64. The zero-order chi connectivity index (χ0) is 26.3. The normalized spacial score (nSPS) is 19.0. The van der Waals surface area contributed by atoms with Crippen LogP contribution in [-0.4, -0.2) is 27.9 Å². The lowest BCUT2D eigenvalue weighted by Gasteiger charge is -2.52. The molecule has 1 heterocycles. The SMILES string of the molecule is CC(C)(C)Cc1cc([C@@H](CC2(O[Si](C)(C)C(C)(C)C)CCC2)CC(C)(C)S(N)=O)c(F)nc1F. The van der Waals surface area contributed by atoms with Gasteiger partial charge in [0.2, 0.25) is 11.9 Å². The number of aromatic nitrogens is 1. The van der Waals surface area contributed by atoms with Crippen LogP contribution in [0.5, 0.6) is 0 Å². The van der Waals surface area contributed by atoms with Crippen molar-refractivity contribution in [3.63, 3.8) is 0 Å². The number of nitrogens with two attached hydrogens (primary N) is 1. The van der Waals surface area contributed by atoms with Crippen LogP contribution in [0.3, 0.4) is 0 Å². The van der Waals surface area contributed by atoms with Crippen molar-refractivity contribution in [2.45, 2.75) is 128 Å². The second-order valence-electron chi connectivity index (χ2n) is 13.6. The van der Waals surface area contributed by atoms with Crippen LogP contribution in [0.4, 0.5) is 8.78 Å². The Hall–Kier alpha value is -0.703. The summed E-state index contributed by atoms with van der Waals surface area (Å²) in [5.74, 6) is -1.88. The fourth-order valence-corrected chi connectivity index (χ4v) is 6.58. The standard InChI is InChI=1S/C26H46F2N2O2SSi/c1-23(2,3)15-18-14-20(22(28)30-21(18)27)19(16-25(7,8)33(29)31)17-26(12-11-13-26)32-34(9,10)24(4,5)6/h14,19H,11-13,15-17,29H2,1-10H3/t19-,33?/m1/s1. The maximum absolute atomic E-state index is 15.2. The van der Waals surface area contributed by atoms with Gasteiger partial charge in [0.05, 0.1) is 21.3 Å². The maximum Gasteiger partial charge on any atom is 0.219 e. The van der Waals surface area contributed by atoms with Crippen molar-refractivity contribution in [2.24, 2.45) is 10.6 Å². The number of hydrogen-bond acceptors (Lipinski definition) is 3. The summed E-state index contributed by atoms with van der Waals surface area (Å²) in [4.78, 5) is 3.67. The lowest BCUT2D eigenvalue weighted by molar-refractivity contribution is -0.0341. The number of hydrogen-bond donors (Lipinski definition) is 1. The second kappa shape index (κ2) is 9.98. The molecular weight excluding hydrogens is 470 g/mol. The first-order valence-electron chi connectivity index (χ1n) is 12.4. The average molecular weight is 517 g/mol. The first-order chi connectivity index (χ1) is 15.2. The predicted octanol–water partition coefficient (Wildman–Crippen LogP) is 7.16. The van der Waals surface area contributed by atoms with E-state index in [1.54, 1.807) is 6.07 Å². The highest BCUT2D eigenvalue weighted by Gasteiger charge is 2.49. The molecule has 0 aromatic carbocycles. The number of nitrogens with zero attached hydrogens (tertiary/aromatic N) is 1. The first-order valence-corrected chi connectivity index (χ1v) is 16.5. The van der Waals surface area contributed by atoms with Crippen LogP contribution >= 0.6 is 0 Å². The van der Waals surface area contributed by atoms with Crippen molar-refractivity contribution in [1.82, 2.24) is 4.98 Å². The molecule has 0 spiro atoms. The molecule has 0 bridgehead atoms. The number of halogens is 2. The molecule has 0 aliphatic heterocycles. The third kappa shape index (κ3) is 7.17. The first kappa shape index (κ1) is 29.5. The van der Waals surface area contributed by atoms with Gasteiger partial charge < -0.3 is 4.43 Å². The van der Waals surface area contributed by atoms with Gasteiger partial charge >= 0.3 is 0 Å². The molecule has 0 saturated heterocycles. The summed E-state index contributed by atoms with van der Waals surface area (Å²) >= 11 is 0. The summed E-state index contributed by atoms with van der Waals surface area (Å²) in [6.45, 7) is 20.8. The Morgan fingerprint density at radius 1 is 1.12 bits per heavy atom. The minimum absolute atomic E-state index is 0.0473. The maximum atomic E-state index is 15.2. The summed E-state index contributed by atoms with van der Waals surface area (Å²) in [5, 5.41) is 5.87. The van der Waals surface area contributed by atoms with E-state index in [0.717, 1.165) is 19.3 Å². The average Bonchev–Trinajstić information content (AvgIpc) is 2.59. The second-order valence-corrected chi connectivity index (χ2v) is 20.0. The molecule has 0 radical (unpaired) electrons. The molecule has 196 valence electrons. The van der Waals surface area contributed by atoms with Crippen molar-refractivity contribution in [3.8, 4) is 0 Å². The van der Waals surface area contributed by atoms with Crippen LogP contribution in [0.15, 0.2) is 6.07 Å². The molecule has 2 rings (SSSR count). The lowest BCUT2D eigenvalue weighted by atomic mass is 9.71. The lowest BCUT2D eigenvalue weighted by Crippen LogP contribution is -2.53. The van der Waals surface area contributed by atoms with Crippen molar-refractivity contribution in [3.05, 3.63) is 29.1 Å². The van der Waals surface area contributed by atoms with Gasteiger partial charge in [0, 0.05) is 11.1 Å². The van der Waals surface area contributed by atoms with Crippen LogP contribution < -0.4 is 5.14 Å². The quantitative estimate of drug-likeness (QED) is 0.280. The van der Waals surface area contributed by atoms with Gasteiger partial charge in [-0.1, -0.05) is 41.5 Å². The Bertz CT molecular complexity index is 903. The summed E-state index contributed by atoms with van der Waals surface area (Å²) in [6.07, 6.45) is 4.31. The molecular formula is C26H46F2N2O2SSi. The van der Waals surface area contributed by atoms with Gasteiger partial charge in [-0.2, -0.15) is 13.8 Å². The van der Waals surface area contributed by atoms with E-state index in [-0.39, 0.29) is 22.0 Å². The van der Waals surface area contributed by atoms with E-state index >= 15 is 4.39 Å². The number of rotatable bonds is 9. The molecule has 2 atom stereocenters. The van der Waals surface area contributed by atoms with Gasteiger partial charge in [0.25, 0.3) is 0 Å². The fourth-order valence-electron chi connectivity index (χ4n) is 4.54. The third-order valence-corrected chi connectivity index (χ3v) is 13.4. The smallest absolute Gasteiger partial charge is 0.219 e. The Morgan fingerprint density at radius 2 is 1.68 bits per heavy atom. The summed E-state index contributed by atoms with van der Waals surface area (Å²) in [5.41, 5.74) is 0.259. The topological polar surface area (TPSA) is 65.2 Å². The van der Waals surface area contributed by atoms with E-state index in [9.17, 15) is 8.60 Å². The van der Waals surface area contributed by atoms with E-state index in [0.29, 0.717) is 30.4 Å². The van der Waals surface area contributed by atoms with Gasteiger partial charge in [-0.3, -0.25) is 5.14 Å². The van der Waals surface area contributed by atoms with Gasteiger partial charge in [-0.15, -0.1) is 0 Å². The minimum Gasteiger partial charge on any atom is -0.411 e. The van der Waals surface area contributed by atoms with Crippen LogP contribution in [0.1, 0.15) is 105 Å². The highest BCUT2D eigenvalue weighted by atomic mass is 32.2. The Labute approximate surface area is 209 Å². The van der Waals surface area contributed by atoms with Crippen LogP contribution in [0, 0.1) is 17.3 Å². The van der Waals surface area contributed by atoms with Crippen molar-refractivity contribution < 1.29 is 17.4 Å². The fraction of sp³-hybridized carbons (Fsp3) is 0.808. The van der Waals surface area contributed by atoms with Crippen molar-refractivity contribution in [1.29, 1.82) is 0 Å². The number of pyridine rings is 1. The molecule has 1 fully saturated rings. The molecule has 1 aromatic rings. The van der Waals surface area contributed by atoms with E-state index in [2.05, 4.69) is 38.8 Å². The van der Waals surface area contributed by atoms with E-state index < -0.39 is 35.9 Å². The molecule has 1 unspecified atom stereocenters. The minimum atomic E-state index is -2.08. The molecule has 0 amide bonds. The van der Waals surface area contributed by atoms with Crippen molar-refractivity contribution >= 4 is 19.3 Å². The molecule has 1 aromatic heterocycles. The molecule has 1 saturated carbocycles. The highest BCUT2D eigenvalue weighted by Crippen LogP contribution is 2.50. The van der Waals surface area contributed by atoms with Gasteiger partial charge in [-0.05, 0) is 87.9 Å². The van der Waals surface area contributed by atoms with Crippen LogP contribution in [0.2, 0.25) is 18.1 Å². The monoisotopic (exact) mass is 516 g/mol. The summed E-state index contributed by atoms with van der Waals surface area (Å²) < 4.78 is 48.4. The molecule has 1 aliphatic carbocycles. The molecule has 1 aliphatic rings. The molecule has 2 N–H and O–H groups in total. The van der Waals surface area contributed by atoms with Crippen LogP contribution in [-0.2, 0) is 21.8 Å². The third-order valence-electron chi connectivity index (χ3n) is 7.63. The van der Waals surface area contributed by atoms with Gasteiger partial charge in [0.1, 0.15) is 0 Å². The van der Waals surface area contributed by atoms with Gasteiger partial charge in [-0.25, -0.2) is 4.21 Å². The van der Waals surface area contributed by atoms with Gasteiger partial charge in [0.15, 0.2) is 8.32 Å². The van der Waals surface area contributed by atoms with E-state index in [1.807, 2.05) is 34.6 Å². The van der Waals surface area contributed by atoms with Crippen LogP contribution in [0.25, 0.3) is 0 Å². The summed E-state index contributed by atoms with van der Waals surface area (Å²) in [7, 11) is -3.67. The van der Waals surface area contributed by atoms with Crippen molar-refractivity contribution in [2.75, 3.05) is 0 Å². The Morgan fingerprint density at radius 3 is 2.09 bits per heavy atom. The predicted molar refractivity (Wildman–Crippen MR) is 141 cm³/mol. The zero-order valence-electron chi connectivity index (χ0n) is 22.9. The zero-order valence-corrected chi connectivity index (χ0v) is 24.7. The molecule has 34 heavy (non-hydrogen) atoms. The van der Waals surface area contributed by atoms with E-state index in [4.69, 9.17) is 9.56 Å². The highest BCUT2D eigenvalue weighted by molar-refractivity contribution is 7.84. The Balaban J connectivity index is 2.53. The largest absolute Gasteiger partial charge is 0.411 e. The Kier molecular flexibility index (Phi) is 8.67. The van der Waals surface area contributed by atoms with E-state index in [1.165, 1.54) is 0 Å².